The molecule has 0 saturated carbocycles. The fourth-order valence-electron chi connectivity index (χ4n) is 8.96. The van der Waals surface area contributed by atoms with Crippen LogP contribution in [0.4, 0.5) is 17.1 Å². The molecule has 0 amide bonds. The molecule has 0 unspecified atom stereocenters. The Balaban J connectivity index is 1.11. The standard InChI is InChI=1S/C54H34N2OS/c1-3-14-35(15-4-1)37-26-28-44-45-29-27-40(34-51(45)57-50(44)32-37)55(38-18-13-19-39(33-38)56-47-23-10-7-20-42(47)43-21-8-11-24-48(43)56)49-31-30-41(36-16-5-2-6-17-36)54-53(49)46-22-9-12-25-52(46)58-54/h1-34H. The molecule has 0 radical (unpaired) electrons. The molecule has 0 aliphatic rings. The molecule has 0 N–H and O–H groups in total. The van der Waals surface area contributed by atoms with Gasteiger partial charge < -0.3 is 13.9 Å². The molecule has 0 saturated heterocycles. The predicted octanol–water partition coefficient (Wildman–Crippen LogP) is 15.9. The van der Waals surface area contributed by atoms with Crippen LogP contribution in [0, 0.1) is 0 Å². The number of furan rings is 1. The van der Waals surface area contributed by atoms with Gasteiger partial charge >= 0.3 is 0 Å². The first-order valence-electron chi connectivity index (χ1n) is 19.7. The number of anilines is 3. The van der Waals surface area contributed by atoms with Gasteiger partial charge in [-0.2, -0.15) is 0 Å². The van der Waals surface area contributed by atoms with Crippen LogP contribution in [-0.4, -0.2) is 4.57 Å². The maximum Gasteiger partial charge on any atom is 0.137 e. The lowest BCUT2D eigenvalue weighted by atomic mass is 10.00. The van der Waals surface area contributed by atoms with E-state index in [0.29, 0.717) is 0 Å². The third-order valence-electron chi connectivity index (χ3n) is 11.6. The molecule has 0 aliphatic heterocycles. The summed E-state index contributed by atoms with van der Waals surface area (Å²) in [6.45, 7) is 0. The maximum atomic E-state index is 6.75. The van der Waals surface area contributed by atoms with Crippen molar-refractivity contribution in [2.75, 3.05) is 4.90 Å². The summed E-state index contributed by atoms with van der Waals surface area (Å²) in [5.74, 6) is 0. The van der Waals surface area contributed by atoms with E-state index in [4.69, 9.17) is 4.42 Å². The van der Waals surface area contributed by atoms with Gasteiger partial charge in [-0.05, 0) is 89.0 Å². The van der Waals surface area contributed by atoms with E-state index in [9.17, 15) is 0 Å². The van der Waals surface area contributed by atoms with Crippen LogP contribution in [0.1, 0.15) is 0 Å². The molecule has 0 aliphatic carbocycles. The van der Waals surface area contributed by atoms with Gasteiger partial charge in [-0.15, -0.1) is 11.3 Å². The fraction of sp³-hybridized carbons (Fsp3) is 0. The lowest BCUT2D eigenvalue weighted by Crippen LogP contribution is -2.11. The average Bonchev–Trinajstić information content (AvgIpc) is 3.97. The normalized spacial score (nSPS) is 11.8. The fourth-order valence-corrected chi connectivity index (χ4v) is 10.2. The number of thiophene rings is 1. The van der Waals surface area contributed by atoms with E-state index in [1.807, 2.05) is 11.3 Å². The Bertz CT molecular complexity index is 3470. The Morgan fingerprint density at radius 3 is 1.79 bits per heavy atom. The topological polar surface area (TPSA) is 21.3 Å². The zero-order chi connectivity index (χ0) is 38.2. The van der Waals surface area contributed by atoms with Crippen LogP contribution in [0.25, 0.3) is 91.9 Å². The number of fused-ring (bicyclic) bond motifs is 9. The molecular weight excluding hydrogens is 725 g/mol. The first kappa shape index (κ1) is 32.8. The van der Waals surface area contributed by atoms with Gasteiger partial charge in [0.2, 0.25) is 0 Å². The Hall–Kier alpha value is -7.40. The number of hydrogen-bond acceptors (Lipinski definition) is 3. The third-order valence-corrected chi connectivity index (χ3v) is 12.8. The highest BCUT2D eigenvalue weighted by molar-refractivity contribution is 7.26. The van der Waals surface area contributed by atoms with Crippen molar-refractivity contribution in [3.05, 3.63) is 206 Å². The lowest BCUT2D eigenvalue weighted by molar-refractivity contribution is 0.669. The summed E-state index contributed by atoms with van der Waals surface area (Å²) in [6, 6.07) is 74.3. The van der Waals surface area contributed by atoms with Crippen molar-refractivity contribution in [3.63, 3.8) is 0 Å². The molecule has 0 bridgehead atoms. The first-order valence-corrected chi connectivity index (χ1v) is 20.5. The molecule has 0 fully saturated rings. The number of para-hydroxylation sites is 2. The van der Waals surface area contributed by atoms with Gasteiger partial charge in [0, 0.05) is 64.8 Å². The highest BCUT2D eigenvalue weighted by Crippen LogP contribution is 2.49. The second-order valence-corrected chi connectivity index (χ2v) is 15.9. The van der Waals surface area contributed by atoms with Crippen molar-refractivity contribution in [1.82, 2.24) is 4.57 Å². The van der Waals surface area contributed by atoms with Gasteiger partial charge in [0.15, 0.2) is 0 Å². The molecule has 0 atom stereocenters. The zero-order valence-electron chi connectivity index (χ0n) is 31.3. The maximum absolute atomic E-state index is 6.75. The molecule has 12 rings (SSSR count). The minimum atomic E-state index is 0.855. The SMILES string of the molecule is c1ccc(-c2ccc3c(c2)oc2cc(N(c4cccc(-n5c6ccccc6c6ccccc65)c4)c4ccc(-c5ccccc5)c5sc6ccccc6c45)ccc23)cc1. The second-order valence-electron chi connectivity index (χ2n) is 14.9. The van der Waals surface area contributed by atoms with Crippen LogP contribution in [0.5, 0.6) is 0 Å². The molecule has 4 heteroatoms. The van der Waals surface area contributed by atoms with Gasteiger partial charge in [0.1, 0.15) is 11.2 Å². The highest BCUT2D eigenvalue weighted by atomic mass is 32.1. The van der Waals surface area contributed by atoms with Crippen LogP contribution in [0.3, 0.4) is 0 Å². The number of nitrogens with zero attached hydrogens (tertiary/aromatic N) is 2. The smallest absolute Gasteiger partial charge is 0.137 e. The molecular formula is C54H34N2OS. The van der Waals surface area contributed by atoms with Crippen molar-refractivity contribution in [2.45, 2.75) is 0 Å². The monoisotopic (exact) mass is 758 g/mol. The number of aromatic nitrogens is 1. The van der Waals surface area contributed by atoms with E-state index in [2.05, 4.69) is 216 Å². The van der Waals surface area contributed by atoms with Crippen LogP contribution in [-0.2, 0) is 0 Å². The van der Waals surface area contributed by atoms with Gasteiger partial charge in [0.25, 0.3) is 0 Å². The summed E-state index contributed by atoms with van der Waals surface area (Å²) in [4.78, 5) is 2.43. The van der Waals surface area contributed by atoms with Gasteiger partial charge in [0.05, 0.1) is 16.7 Å². The van der Waals surface area contributed by atoms with Crippen molar-refractivity contribution < 1.29 is 4.42 Å². The van der Waals surface area contributed by atoms with Crippen molar-refractivity contribution >= 4 is 92.3 Å². The van der Waals surface area contributed by atoms with E-state index >= 15 is 0 Å². The lowest BCUT2D eigenvalue weighted by Gasteiger charge is -2.27. The molecule has 12 aromatic rings. The van der Waals surface area contributed by atoms with Crippen LogP contribution in [0.15, 0.2) is 211 Å². The summed E-state index contributed by atoms with van der Waals surface area (Å²) in [5.41, 5.74) is 13.2. The summed E-state index contributed by atoms with van der Waals surface area (Å²) in [7, 11) is 0. The Labute approximate surface area is 338 Å². The van der Waals surface area contributed by atoms with Crippen LogP contribution >= 0.6 is 11.3 Å². The van der Waals surface area contributed by atoms with Gasteiger partial charge in [-0.3, -0.25) is 0 Å². The number of benzene rings is 9. The minimum absolute atomic E-state index is 0.855. The number of hydrogen-bond donors (Lipinski definition) is 0. The summed E-state index contributed by atoms with van der Waals surface area (Å²) in [5, 5.41) is 7.18. The molecule has 272 valence electrons. The van der Waals surface area contributed by atoms with Gasteiger partial charge in [-0.1, -0.05) is 133 Å². The van der Waals surface area contributed by atoms with E-state index < -0.39 is 0 Å². The Morgan fingerprint density at radius 1 is 0.414 bits per heavy atom. The van der Waals surface area contributed by atoms with Crippen molar-refractivity contribution in [3.8, 4) is 27.9 Å². The molecule has 3 aromatic heterocycles. The largest absolute Gasteiger partial charge is 0.456 e. The summed E-state index contributed by atoms with van der Waals surface area (Å²) >= 11 is 1.86. The van der Waals surface area contributed by atoms with Crippen LogP contribution < -0.4 is 4.90 Å². The van der Waals surface area contributed by atoms with Crippen molar-refractivity contribution in [2.24, 2.45) is 0 Å². The Kier molecular flexibility index (Phi) is 7.40. The predicted molar refractivity (Wildman–Crippen MR) is 247 cm³/mol. The molecule has 3 nitrogen and oxygen atoms in total. The van der Waals surface area contributed by atoms with E-state index in [-0.39, 0.29) is 0 Å². The Morgan fingerprint density at radius 2 is 1.03 bits per heavy atom. The minimum Gasteiger partial charge on any atom is -0.456 e. The molecule has 58 heavy (non-hydrogen) atoms. The molecule has 3 heterocycles. The van der Waals surface area contributed by atoms with E-state index in [1.54, 1.807) is 0 Å². The quantitative estimate of drug-likeness (QED) is 0.168. The van der Waals surface area contributed by atoms with Crippen LogP contribution in [0.2, 0.25) is 0 Å². The molecule has 0 spiro atoms. The van der Waals surface area contributed by atoms with E-state index in [1.165, 1.54) is 58.7 Å². The summed E-state index contributed by atoms with van der Waals surface area (Å²) < 4.78 is 11.7. The third kappa shape index (κ3) is 5.12. The average molecular weight is 759 g/mol. The first-order chi connectivity index (χ1) is 28.8. The van der Waals surface area contributed by atoms with Gasteiger partial charge in [-0.25, -0.2) is 0 Å². The molecule has 9 aromatic carbocycles. The highest BCUT2D eigenvalue weighted by Gasteiger charge is 2.23. The van der Waals surface area contributed by atoms with E-state index in [0.717, 1.165) is 50.3 Å². The van der Waals surface area contributed by atoms with Crippen molar-refractivity contribution in [1.29, 1.82) is 0 Å². The second kappa shape index (κ2) is 13.1. The summed E-state index contributed by atoms with van der Waals surface area (Å²) in [6.07, 6.45) is 0. The number of rotatable bonds is 6. The zero-order valence-corrected chi connectivity index (χ0v) is 32.2.